The molecule has 1 aromatic carbocycles. The monoisotopic (exact) mass is 513 g/mol. The number of hydrogen-bond acceptors (Lipinski definition) is 5. The van der Waals surface area contributed by atoms with Crippen LogP contribution in [0.1, 0.15) is 36.8 Å². The molecule has 8 heteroatoms. The molecule has 0 saturated carbocycles. The summed E-state index contributed by atoms with van der Waals surface area (Å²) in [7, 11) is 1.32. The SMILES string of the molecule is COC(=O)n1c(-c2cc3c(s2)C(CC(C)C)NCC3)nc2c(I)cc(F)cc21. The average Bonchev–Trinajstić information content (AvgIpc) is 3.22. The van der Waals surface area contributed by atoms with E-state index in [4.69, 9.17) is 9.72 Å². The van der Waals surface area contributed by atoms with Crippen LogP contribution in [0.15, 0.2) is 18.2 Å². The van der Waals surface area contributed by atoms with Crippen molar-refractivity contribution in [2.24, 2.45) is 5.92 Å². The second kappa shape index (κ2) is 7.72. The van der Waals surface area contributed by atoms with Gasteiger partial charge in [-0.25, -0.2) is 18.7 Å². The number of carbonyl (C=O) groups excluding carboxylic acids is 1. The Morgan fingerprint density at radius 2 is 2.25 bits per heavy atom. The summed E-state index contributed by atoms with van der Waals surface area (Å²) in [6, 6.07) is 5.19. The van der Waals surface area contributed by atoms with Crippen LogP contribution in [0, 0.1) is 15.3 Å². The van der Waals surface area contributed by atoms with Gasteiger partial charge < -0.3 is 10.1 Å². The highest BCUT2D eigenvalue weighted by Crippen LogP contribution is 2.40. The van der Waals surface area contributed by atoms with Crippen molar-refractivity contribution < 1.29 is 13.9 Å². The van der Waals surface area contributed by atoms with E-state index in [-0.39, 0.29) is 0 Å². The largest absolute Gasteiger partial charge is 0.452 e. The number of nitrogens with one attached hydrogen (secondary N) is 1. The molecule has 0 fully saturated rings. The fourth-order valence-corrected chi connectivity index (χ4v) is 5.70. The summed E-state index contributed by atoms with van der Waals surface area (Å²) in [6.07, 6.45) is 1.44. The molecule has 2 aromatic heterocycles. The Kier molecular flexibility index (Phi) is 5.45. The van der Waals surface area contributed by atoms with E-state index >= 15 is 0 Å². The molecule has 4 rings (SSSR count). The number of carbonyl (C=O) groups is 1. The first-order valence-electron chi connectivity index (χ1n) is 9.21. The summed E-state index contributed by atoms with van der Waals surface area (Å²) >= 11 is 3.70. The Hall–Kier alpha value is -1.52. The zero-order valence-electron chi connectivity index (χ0n) is 15.9. The molecule has 148 valence electrons. The average molecular weight is 513 g/mol. The summed E-state index contributed by atoms with van der Waals surface area (Å²) in [5.41, 5.74) is 2.33. The third-order valence-electron chi connectivity index (χ3n) is 4.91. The fraction of sp³-hybridized carbons (Fsp3) is 0.400. The van der Waals surface area contributed by atoms with Crippen molar-refractivity contribution in [3.05, 3.63) is 38.0 Å². The van der Waals surface area contributed by atoms with Crippen molar-refractivity contribution in [2.75, 3.05) is 13.7 Å². The van der Waals surface area contributed by atoms with Gasteiger partial charge in [0.25, 0.3) is 0 Å². The van der Waals surface area contributed by atoms with Gasteiger partial charge in [0.2, 0.25) is 0 Å². The van der Waals surface area contributed by atoms with Gasteiger partial charge >= 0.3 is 6.09 Å². The second-order valence-corrected chi connectivity index (χ2v) is 9.63. The van der Waals surface area contributed by atoms with E-state index in [1.807, 2.05) is 22.6 Å². The van der Waals surface area contributed by atoms with Crippen LogP contribution < -0.4 is 5.32 Å². The highest BCUT2D eigenvalue weighted by molar-refractivity contribution is 14.1. The Morgan fingerprint density at radius 3 is 2.96 bits per heavy atom. The van der Waals surface area contributed by atoms with E-state index in [0.29, 0.717) is 32.4 Å². The maximum atomic E-state index is 14.0. The third kappa shape index (κ3) is 3.46. The number of thiophene rings is 1. The van der Waals surface area contributed by atoms with Gasteiger partial charge in [-0.05, 0) is 65.6 Å². The van der Waals surface area contributed by atoms with Gasteiger partial charge in [0.1, 0.15) is 11.3 Å². The lowest BCUT2D eigenvalue weighted by atomic mass is 9.96. The van der Waals surface area contributed by atoms with Gasteiger partial charge in [0.15, 0.2) is 5.82 Å². The summed E-state index contributed by atoms with van der Waals surface area (Å²) in [5, 5.41) is 3.60. The standard InChI is InChI=1S/C20H21FIN3O2S/c1-10(2)6-14-18-11(4-5-23-14)7-16(28-18)19-24-17-13(22)8-12(21)9-15(17)25(19)20(26)27-3/h7-10,14,23H,4-6H2,1-3H3. The summed E-state index contributed by atoms with van der Waals surface area (Å²) in [4.78, 5) is 19.4. The van der Waals surface area contributed by atoms with Crippen LogP contribution in [0.4, 0.5) is 9.18 Å². The van der Waals surface area contributed by atoms with Crippen LogP contribution in [0.3, 0.4) is 0 Å². The van der Waals surface area contributed by atoms with Crippen LogP contribution in [-0.2, 0) is 11.2 Å². The van der Waals surface area contributed by atoms with Crippen molar-refractivity contribution in [2.45, 2.75) is 32.7 Å². The Morgan fingerprint density at radius 1 is 1.46 bits per heavy atom. The maximum Gasteiger partial charge on any atom is 0.420 e. The predicted octanol–water partition coefficient (Wildman–Crippen LogP) is 5.36. The van der Waals surface area contributed by atoms with Crippen molar-refractivity contribution in [3.8, 4) is 10.7 Å². The summed E-state index contributed by atoms with van der Waals surface area (Å²) < 4.78 is 21.0. The lowest BCUT2D eigenvalue weighted by Crippen LogP contribution is -2.29. The topological polar surface area (TPSA) is 56.1 Å². The van der Waals surface area contributed by atoms with Crippen LogP contribution in [-0.4, -0.2) is 29.3 Å². The number of methoxy groups -OCH3 is 1. The van der Waals surface area contributed by atoms with Crippen molar-refractivity contribution >= 4 is 51.1 Å². The molecule has 0 amide bonds. The first kappa shape index (κ1) is 19.8. The van der Waals surface area contributed by atoms with Gasteiger partial charge in [-0.1, -0.05) is 13.8 Å². The van der Waals surface area contributed by atoms with Crippen LogP contribution in [0.5, 0.6) is 0 Å². The first-order chi connectivity index (χ1) is 13.4. The highest BCUT2D eigenvalue weighted by Gasteiger charge is 2.27. The number of aromatic nitrogens is 2. The number of nitrogens with zero attached hydrogens (tertiary/aromatic N) is 2. The number of imidazole rings is 1. The molecule has 0 bridgehead atoms. The zero-order valence-corrected chi connectivity index (χ0v) is 18.9. The molecule has 1 unspecified atom stereocenters. The van der Waals surface area contributed by atoms with E-state index in [1.165, 1.54) is 34.3 Å². The molecule has 0 radical (unpaired) electrons. The molecule has 0 saturated heterocycles. The van der Waals surface area contributed by atoms with E-state index in [9.17, 15) is 9.18 Å². The Labute approximate surface area is 180 Å². The lowest BCUT2D eigenvalue weighted by molar-refractivity contribution is 0.174. The molecule has 3 aromatic rings. The zero-order chi connectivity index (χ0) is 20.0. The van der Waals surface area contributed by atoms with Gasteiger partial charge in [-0.2, -0.15) is 0 Å². The minimum atomic E-state index is -0.567. The van der Waals surface area contributed by atoms with Crippen molar-refractivity contribution in [1.29, 1.82) is 0 Å². The number of fused-ring (bicyclic) bond motifs is 2. The van der Waals surface area contributed by atoms with E-state index in [0.717, 1.165) is 24.3 Å². The minimum Gasteiger partial charge on any atom is -0.452 e. The molecular formula is C20H21FIN3O2S. The van der Waals surface area contributed by atoms with Crippen molar-refractivity contribution in [3.63, 3.8) is 0 Å². The number of hydrogen-bond donors (Lipinski definition) is 1. The number of ether oxygens (including phenoxy) is 1. The number of halogens is 2. The molecule has 1 N–H and O–H groups in total. The predicted molar refractivity (Wildman–Crippen MR) is 117 cm³/mol. The van der Waals surface area contributed by atoms with Gasteiger partial charge in [0.05, 0.1) is 17.5 Å². The Bertz CT molecular complexity index is 1060. The molecule has 5 nitrogen and oxygen atoms in total. The van der Waals surface area contributed by atoms with E-state index in [1.54, 1.807) is 11.3 Å². The maximum absolute atomic E-state index is 14.0. The van der Waals surface area contributed by atoms with Crippen molar-refractivity contribution in [1.82, 2.24) is 14.9 Å². The lowest BCUT2D eigenvalue weighted by Gasteiger charge is -2.25. The van der Waals surface area contributed by atoms with E-state index in [2.05, 4.69) is 25.2 Å². The van der Waals surface area contributed by atoms with Crippen LogP contribution >= 0.6 is 33.9 Å². The molecule has 1 aliphatic heterocycles. The van der Waals surface area contributed by atoms with Crippen LogP contribution in [0.2, 0.25) is 0 Å². The summed E-state index contributed by atoms with van der Waals surface area (Å²) in [5.74, 6) is 0.687. The molecule has 1 atom stereocenters. The van der Waals surface area contributed by atoms with Crippen LogP contribution in [0.25, 0.3) is 21.7 Å². The molecule has 3 heterocycles. The summed E-state index contributed by atoms with van der Waals surface area (Å²) in [6.45, 7) is 5.38. The number of rotatable bonds is 3. The molecule has 1 aliphatic rings. The second-order valence-electron chi connectivity index (χ2n) is 7.38. The molecule has 0 aliphatic carbocycles. The molecular weight excluding hydrogens is 492 g/mol. The molecule has 0 spiro atoms. The van der Waals surface area contributed by atoms with Gasteiger partial charge in [0, 0.05) is 20.6 Å². The minimum absolute atomic E-state index is 0.316. The Balaban J connectivity index is 1.89. The third-order valence-corrected chi connectivity index (χ3v) is 7.02. The normalized spacial score (nSPS) is 16.6. The number of benzene rings is 1. The van der Waals surface area contributed by atoms with Gasteiger partial charge in [-0.15, -0.1) is 11.3 Å². The fourth-order valence-electron chi connectivity index (χ4n) is 3.72. The first-order valence-corrected chi connectivity index (χ1v) is 11.1. The smallest absolute Gasteiger partial charge is 0.420 e. The molecule has 28 heavy (non-hydrogen) atoms. The van der Waals surface area contributed by atoms with Gasteiger partial charge in [-0.3, -0.25) is 0 Å². The van der Waals surface area contributed by atoms with E-state index < -0.39 is 11.9 Å². The highest BCUT2D eigenvalue weighted by atomic mass is 127. The quantitative estimate of drug-likeness (QED) is 0.480.